The zero-order valence-electron chi connectivity index (χ0n) is 15.4. The molecule has 136 valence electrons. The predicted molar refractivity (Wildman–Crippen MR) is 107 cm³/mol. The molecule has 0 aliphatic rings. The Bertz CT molecular complexity index is 978. The number of aromatic nitrogens is 1. The van der Waals surface area contributed by atoms with Crippen molar-refractivity contribution in [1.82, 2.24) is 4.98 Å². The summed E-state index contributed by atoms with van der Waals surface area (Å²) in [5.74, 6) is -0.955. The van der Waals surface area contributed by atoms with E-state index in [1.54, 1.807) is 18.3 Å². The van der Waals surface area contributed by atoms with Crippen LogP contribution in [0, 0.1) is 19.3 Å². The van der Waals surface area contributed by atoms with E-state index in [-0.39, 0.29) is 11.5 Å². The van der Waals surface area contributed by atoms with Crippen molar-refractivity contribution in [2.75, 3.05) is 0 Å². The summed E-state index contributed by atoms with van der Waals surface area (Å²) in [5, 5.41) is 17.8. The smallest absolute Gasteiger partial charge is 0.335 e. The number of rotatable bonds is 6. The van der Waals surface area contributed by atoms with Gasteiger partial charge in [-0.2, -0.15) is 0 Å². The van der Waals surface area contributed by atoms with Gasteiger partial charge in [0.25, 0.3) is 0 Å². The molecule has 3 rings (SSSR count). The molecule has 0 saturated heterocycles. The van der Waals surface area contributed by atoms with Crippen LogP contribution in [-0.4, -0.2) is 21.8 Å². The van der Waals surface area contributed by atoms with E-state index in [0.29, 0.717) is 12.1 Å². The molecule has 4 heteroatoms. The Morgan fingerprint density at radius 2 is 1.74 bits per heavy atom. The SMILES string of the molecule is Cc1cc(C(=N)CC(c2ccc(C(=O)O)cc2)c2ccccc2C)ccn1. The maximum absolute atomic E-state index is 11.2. The Hall–Kier alpha value is -3.27. The minimum absolute atomic E-state index is 0.0185. The third kappa shape index (κ3) is 4.29. The number of nitrogens with one attached hydrogen (secondary N) is 1. The van der Waals surface area contributed by atoms with Crippen LogP contribution in [0.25, 0.3) is 0 Å². The third-order valence-electron chi connectivity index (χ3n) is 4.78. The normalized spacial score (nSPS) is 11.8. The third-order valence-corrected chi connectivity index (χ3v) is 4.78. The molecule has 0 saturated carbocycles. The van der Waals surface area contributed by atoms with E-state index >= 15 is 0 Å². The van der Waals surface area contributed by atoms with Crippen LogP contribution in [0.2, 0.25) is 0 Å². The zero-order valence-corrected chi connectivity index (χ0v) is 15.4. The van der Waals surface area contributed by atoms with Gasteiger partial charge in [-0.15, -0.1) is 0 Å². The highest BCUT2D eigenvalue weighted by Gasteiger charge is 2.19. The van der Waals surface area contributed by atoms with Crippen molar-refractivity contribution < 1.29 is 9.90 Å². The van der Waals surface area contributed by atoms with Crippen molar-refractivity contribution >= 4 is 11.7 Å². The highest BCUT2D eigenvalue weighted by Crippen LogP contribution is 2.31. The van der Waals surface area contributed by atoms with Crippen LogP contribution in [-0.2, 0) is 0 Å². The molecule has 0 bridgehead atoms. The minimum atomic E-state index is -0.936. The fraction of sp³-hybridized carbons (Fsp3) is 0.174. The topological polar surface area (TPSA) is 74.0 Å². The van der Waals surface area contributed by atoms with E-state index in [1.165, 1.54) is 0 Å². The summed E-state index contributed by atoms with van der Waals surface area (Å²) >= 11 is 0. The second-order valence-corrected chi connectivity index (χ2v) is 6.70. The first kappa shape index (κ1) is 18.5. The van der Waals surface area contributed by atoms with Gasteiger partial charge in [0, 0.05) is 29.9 Å². The Morgan fingerprint density at radius 1 is 1.04 bits per heavy atom. The lowest BCUT2D eigenvalue weighted by atomic mass is 9.83. The summed E-state index contributed by atoms with van der Waals surface area (Å²) in [7, 11) is 0. The molecule has 0 spiro atoms. The van der Waals surface area contributed by atoms with Gasteiger partial charge in [0.1, 0.15) is 0 Å². The van der Waals surface area contributed by atoms with Gasteiger partial charge in [-0.05, 0) is 60.4 Å². The molecule has 0 radical (unpaired) electrons. The molecule has 2 aromatic carbocycles. The molecule has 3 aromatic rings. The predicted octanol–water partition coefficient (Wildman–Crippen LogP) is 4.99. The molecule has 1 aromatic heterocycles. The van der Waals surface area contributed by atoms with Crippen molar-refractivity contribution in [2.45, 2.75) is 26.2 Å². The lowest BCUT2D eigenvalue weighted by Gasteiger charge is -2.21. The Labute approximate surface area is 159 Å². The first-order valence-corrected chi connectivity index (χ1v) is 8.85. The van der Waals surface area contributed by atoms with Crippen LogP contribution in [0.1, 0.15) is 50.6 Å². The van der Waals surface area contributed by atoms with Crippen molar-refractivity contribution in [3.05, 3.63) is 100 Å². The molecule has 0 amide bonds. The van der Waals surface area contributed by atoms with Gasteiger partial charge in [0.05, 0.1) is 5.56 Å². The second-order valence-electron chi connectivity index (χ2n) is 6.70. The highest BCUT2D eigenvalue weighted by atomic mass is 16.4. The van der Waals surface area contributed by atoms with Gasteiger partial charge >= 0.3 is 5.97 Å². The van der Waals surface area contributed by atoms with E-state index in [0.717, 1.165) is 27.9 Å². The van der Waals surface area contributed by atoms with E-state index in [4.69, 9.17) is 10.5 Å². The molecule has 1 heterocycles. The lowest BCUT2D eigenvalue weighted by molar-refractivity contribution is 0.0697. The van der Waals surface area contributed by atoms with E-state index in [2.05, 4.69) is 24.0 Å². The first-order valence-electron chi connectivity index (χ1n) is 8.85. The van der Waals surface area contributed by atoms with Crippen molar-refractivity contribution in [3.63, 3.8) is 0 Å². The summed E-state index contributed by atoms with van der Waals surface area (Å²) in [6, 6.07) is 18.9. The molecule has 0 aliphatic heterocycles. The average molecular weight is 358 g/mol. The maximum Gasteiger partial charge on any atom is 0.335 e. The molecular weight excluding hydrogens is 336 g/mol. The standard InChI is InChI=1S/C23H22N2O2/c1-15-5-3-4-6-20(15)21(17-7-9-18(10-8-17)23(26)27)14-22(24)19-11-12-25-16(2)13-19/h3-13,21,24H,14H2,1-2H3,(H,26,27). The number of carboxylic acid groups (broad SMARTS) is 1. The number of carboxylic acids is 1. The van der Waals surface area contributed by atoms with Crippen molar-refractivity contribution in [2.24, 2.45) is 0 Å². The van der Waals surface area contributed by atoms with Gasteiger partial charge in [-0.3, -0.25) is 4.98 Å². The molecule has 4 nitrogen and oxygen atoms in total. The minimum Gasteiger partial charge on any atom is -0.478 e. The fourth-order valence-electron chi connectivity index (χ4n) is 3.30. The number of hydrogen-bond acceptors (Lipinski definition) is 3. The molecule has 1 unspecified atom stereocenters. The first-order chi connectivity index (χ1) is 13.0. The number of aromatic carboxylic acids is 1. The van der Waals surface area contributed by atoms with Crippen LogP contribution in [0.4, 0.5) is 0 Å². The summed E-state index contributed by atoms with van der Waals surface area (Å²) in [6.07, 6.45) is 2.25. The average Bonchev–Trinajstić information content (AvgIpc) is 2.67. The largest absolute Gasteiger partial charge is 0.478 e. The Kier molecular flexibility index (Phi) is 5.46. The molecule has 1 atom stereocenters. The Balaban J connectivity index is 1.99. The molecular formula is C23H22N2O2. The van der Waals surface area contributed by atoms with Crippen LogP contribution >= 0.6 is 0 Å². The molecule has 0 aliphatic carbocycles. The lowest BCUT2D eigenvalue weighted by Crippen LogP contribution is -2.11. The van der Waals surface area contributed by atoms with E-state index in [9.17, 15) is 4.79 Å². The van der Waals surface area contributed by atoms with Crippen LogP contribution in [0.15, 0.2) is 66.9 Å². The number of aryl methyl sites for hydroxylation is 2. The van der Waals surface area contributed by atoms with E-state index < -0.39 is 5.97 Å². The summed E-state index contributed by atoms with van der Waals surface area (Å²) < 4.78 is 0. The number of pyridine rings is 1. The van der Waals surface area contributed by atoms with Gasteiger partial charge < -0.3 is 10.5 Å². The molecule has 27 heavy (non-hydrogen) atoms. The van der Waals surface area contributed by atoms with Crippen LogP contribution in [0.5, 0.6) is 0 Å². The van der Waals surface area contributed by atoms with Gasteiger partial charge in [0.15, 0.2) is 0 Å². The monoisotopic (exact) mass is 358 g/mol. The molecule has 0 fully saturated rings. The van der Waals surface area contributed by atoms with Crippen molar-refractivity contribution in [3.8, 4) is 0 Å². The summed E-state index contributed by atoms with van der Waals surface area (Å²) in [5.41, 5.74) is 5.86. The summed E-state index contributed by atoms with van der Waals surface area (Å²) in [4.78, 5) is 15.4. The van der Waals surface area contributed by atoms with Crippen LogP contribution < -0.4 is 0 Å². The number of benzene rings is 2. The highest BCUT2D eigenvalue weighted by molar-refractivity contribution is 5.99. The fourth-order valence-corrected chi connectivity index (χ4v) is 3.30. The summed E-state index contributed by atoms with van der Waals surface area (Å²) in [6.45, 7) is 3.98. The quantitative estimate of drug-likeness (QED) is 0.610. The van der Waals surface area contributed by atoms with Crippen LogP contribution in [0.3, 0.4) is 0 Å². The number of hydrogen-bond donors (Lipinski definition) is 2. The second kappa shape index (κ2) is 7.96. The van der Waals surface area contributed by atoms with Gasteiger partial charge in [-0.25, -0.2) is 4.79 Å². The molecule has 2 N–H and O–H groups in total. The van der Waals surface area contributed by atoms with Crippen molar-refractivity contribution in [1.29, 1.82) is 5.41 Å². The maximum atomic E-state index is 11.2. The number of carbonyl (C=O) groups is 1. The van der Waals surface area contributed by atoms with E-state index in [1.807, 2.05) is 43.3 Å². The van der Waals surface area contributed by atoms with Gasteiger partial charge in [-0.1, -0.05) is 36.4 Å². The Morgan fingerprint density at radius 3 is 2.37 bits per heavy atom. The zero-order chi connectivity index (χ0) is 19.4. The number of nitrogens with zero attached hydrogens (tertiary/aromatic N) is 1. The van der Waals surface area contributed by atoms with Gasteiger partial charge in [0.2, 0.25) is 0 Å².